The lowest BCUT2D eigenvalue weighted by Gasteiger charge is -2.09. The third-order valence-electron chi connectivity index (χ3n) is 2.93. The van der Waals surface area contributed by atoms with Gasteiger partial charge in [-0.2, -0.15) is 0 Å². The SMILES string of the molecule is CCc1cc(C(=O)Nc2ccc(O)cc2C)cc(Cl)n1. The number of benzene rings is 1. The molecule has 0 bridgehead atoms. The van der Waals surface area contributed by atoms with E-state index in [4.69, 9.17) is 11.6 Å². The lowest BCUT2D eigenvalue weighted by molar-refractivity contribution is 0.102. The molecule has 0 saturated carbocycles. The zero-order chi connectivity index (χ0) is 14.7. The fourth-order valence-corrected chi connectivity index (χ4v) is 2.07. The number of nitrogens with one attached hydrogen (secondary N) is 1. The van der Waals surface area contributed by atoms with Gasteiger partial charge < -0.3 is 10.4 Å². The molecule has 2 N–H and O–H groups in total. The molecule has 104 valence electrons. The average Bonchev–Trinajstić information content (AvgIpc) is 2.41. The molecule has 2 rings (SSSR count). The van der Waals surface area contributed by atoms with Gasteiger partial charge in [0.05, 0.1) is 0 Å². The second-order valence-electron chi connectivity index (χ2n) is 4.48. The predicted molar refractivity (Wildman–Crippen MR) is 79.4 cm³/mol. The first-order valence-corrected chi connectivity index (χ1v) is 6.65. The minimum atomic E-state index is -0.252. The van der Waals surface area contributed by atoms with Gasteiger partial charge in [0.15, 0.2) is 0 Å². The van der Waals surface area contributed by atoms with Crippen LogP contribution in [0.15, 0.2) is 30.3 Å². The fraction of sp³-hybridized carbons (Fsp3) is 0.200. The Morgan fingerprint density at radius 1 is 1.35 bits per heavy atom. The molecule has 20 heavy (non-hydrogen) atoms. The van der Waals surface area contributed by atoms with Crippen LogP contribution in [0.1, 0.15) is 28.5 Å². The molecule has 0 saturated heterocycles. The van der Waals surface area contributed by atoms with Crippen molar-refractivity contribution in [1.82, 2.24) is 4.98 Å². The van der Waals surface area contributed by atoms with Gasteiger partial charge in [0.25, 0.3) is 5.91 Å². The summed E-state index contributed by atoms with van der Waals surface area (Å²) in [4.78, 5) is 16.3. The van der Waals surface area contributed by atoms with Crippen molar-refractivity contribution < 1.29 is 9.90 Å². The Morgan fingerprint density at radius 3 is 2.75 bits per heavy atom. The Morgan fingerprint density at radius 2 is 2.10 bits per heavy atom. The van der Waals surface area contributed by atoms with Crippen LogP contribution < -0.4 is 5.32 Å². The van der Waals surface area contributed by atoms with Gasteiger partial charge in [-0.1, -0.05) is 18.5 Å². The third kappa shape index (κ3) is 3.27. The van der Waals surface area contributed by atoms with Crippen LogP contribution in [0.3, 0.4) is 0 Å². The van der Waals surface area contributed by atoms with E-state index in [9.17, 15) is 9.90 Å². The van der Waals surface area contributed by atoms with Crippen molar-refractivity contribution in [3.8, 4) is 5.75 Å². The monoisotopic (exact) mass is 290 g/mol. The highest BCUT2D eigenvalue weighted by atomic mass is 35.5. The van der Waals surface area contributed by atoms with E-state index < -0.39 is 0 Å². The first kappa shape index (κ1) is 14.3. The Bertz CT molecular complexity index is 656. The second-order valence-corrected chi connectivity index (χ2v) is 4.86. The highest BCUT2D eigenvalue weighted by Crippen LogP contribution is 2.21. The van der Waals surface area contributed by atoms with Crippen LogP contribution in [-0.4, -0.2) is 16.0 Å². The van der Waals surface area contributed by atoms with Gasteiger partial charge in [0.1, 0.15) is 10.9 Å². The van der Waals surface area contributed by atoms with Crippen molar-refractivity contribution in [3.63, 3.8) is 0 Å². The number of halogens is 1. The van der Waals surface area contributed by atoms with Crippen LogP contribution in [-0.2, 0) is 6.42 Å². The van der Waals surface area contributed by atoms with E-state index in [1.54, 1.807) is 18.2 Å². The molecule has 0 radical (unpaired) electrons. The average molecular weight is 291 g/mol. The number of pyridine rings is 1. The summed E-state index contributed by atoms with van der Waals surface area (Å²) in [5, 5.41) is 12.5. The van der Waals surface area contributed by atoms with E-state index in [-0.39, 0.29) is 11.7 Å². The molecule has 0 atom stereocenters. The standard InChI is InChI=1S/C15H15ClN2O2/c1-3-11-7-10(8-14(16)17-11)15(20)18-13-5-4-12(19)6-9(13)2/h4-8,19H,3H2,1-2H3,(H,18,20). The van der Waals surface area contributed by atoms with Crippen LogP contribution in [0.4, 0.5) is 5.69 Å². The fourth-order valence-electron chi connectivity index (χ4n) is 1.85. The normalized spacial score (nSPS) is 10.3. The molecular formula is C15H15ClN2O2. The summed E-state index contributed by atoms with van der Waals surface area (Å²) in [6.07, 6.45) is 0.707. The number of phenolic OH excluding ortho intramolecular Hbond substituents is 1. The minimum Gasteiger partial charge on any atom is -0.508 e. The number of carbonyl (C=O) groups is 1. The summed E-state index contributed by atoms with van der Waals surface area (Å²) in [7, 11) is 0. The molecule has 5 heteroatoms. The molecule has 1 amide bonds. The number of hydrogen-bond acceptors (Lipinski definition) is 3. The van der Waals surface area contributed by atoms with E-state index in [1.807, 2.05) is 13.8 Å². The van der Waals surface area contributed by atoms with Crippen molar-refractivity contribution in [3.05, 3.63) is 52.3 Å². The highest BCUT2D eigenvalue weighted by molar-refractivity contribution is 6.29. The molecule has 0 aliphatic carbocycles. The molecule has 0 aliphatic heterocycles. The summed E-state index contributed by atoms with van der Waals surface area (Å²) in [5.41, 5.74) is 2.67. The number of anilines is 1. The number of hydrogen-bond donors (Lipinski definition) is 2. The van der Waals surface area contributed by atoms with Crippen molar-refractivity contribution in [2.45, 2.75) is 20.3 Å². The van der Waals surface area contributed by atoms with E-state index in [0.717, 1.165) is 11.3 Å². The van der Waals surface area contributed by atoms with Gasteiger partial charge in [-0.15, -0.1) is 0 Å². The summed E-state index contributed by atoms with van der Waals surface area (Å²) in [6.45, 7) is 3.76. The summed E-state index contributed by atoms with van der Waals surface area (Å²) >= 11 is 5.90. The van der Waals surface area contributed by atoms with Crippen LogP contribution >= 0.6 is 11.6 Å². The molecule has 0 unspecified atom stereocenters. The Hall–Kier alpha value is -2.07. The Balaban J connectivity index is 2.26. The molecule has 0 spiro atoms. The lowest BCUT2D eigenvalue weighted by atomic mass is 10.1. The van der Waals surface area contributed by atoms with Gasteiger partial charge >= 0.3 is 0 Å². The molecule has 2 aromatic rings. The Kier molecular flexibility index (Phi) is 4.25. The van der Waals surface area contributed by atoms with Crippen LogP contribution in [0, 0.1) is 6.92 Å². The van der Waals surface area contributed by atoms with Gasteiger partial charge in [0, 0.05) is 16.9 Å². The number of amides is 1. The van der Waals surface area contributed by atoms with E-state index in [1.165, 1.54) is 12.1 Å². The maximum absolute atomic E-state index is 12.2. The maximum Gasteiger partial charge on any atom is 0.255 e. The molecule has 4 nitrogen and oxygen atoms in total. The summed E-state index contributed by atoms with van der Waals surface area (Å²) in [6, 6.07) is 8.03. The van der Waals surface area contributed by atoms with Crippen molar-refractivity contribution in [2.75, 3.05) is 5.32 Å². The maximum atomic E-state index is 12.2. The second kappa shape index (κ2) is 5.92. The first-order valence-electron chi connectivity index (χ1n) is 6.27. The highest BCUT2D eigenvalue weighted by Gasteiger charge is 2.10. The molecule has 1 heterocycles. The number of nitrogens with zero attached hydrogens (tertiary/aromatic N) is 1. The topological polar surface area (TPSA) is 62.2 Å². The molecule has 0 fully saturated rings. The van der Waals surface area contributed by atoms with Gasteiger partial charge in [-0.05, 0) is 49.2 Å². The van der Waals surface area contributed by atoms with Crippen molar-refractivity contribution in [1.29, 1.82) is 0 Å². The smallest absolute Gasteiger partial charge is 0.255 e. The lowest BCUT2D eigenvalue weighted by Crippen LogP contribution is -2.13. The zero-order valence-corrected chi connectivity index (χ0v) is 12.0. The van der Waals surface area contributed by atoms with Crippen molar-refractivity contribution in [2.24, 2.45) is 0 Å². The minimum absolute atomic E-state index is 0.167. The van der Waals surface area contributed by atoms with E-state index in [0.29, 0.717) is 22.8 Å². The number of aromatic nitrogens is 1. The number of phenols is 1. The van der Waals surface area contributed by atoms with Crippen molar-refractivity contribution >= 4 is 23.2 Å². The van der Waals surface area contributed by atoms with Gasteiger partial charge in [-0.3, -0.25) is 4.79 Å². The largest absolute Gasteiger partial charge is 0.508 e. The quantitative estimate of drug-likeness (QED) is 0.671. The molecule has 1 aromatic heterocycles. The van der Waals surface area contributed by atoms with Crippen LogP contribution in [0.25, 0.3) is 0 Å². The Labute approximate surface area is 122 Å². The van der Waals surface area contributed by atoms with Gasteiger partial charge in [0.2, 0.25) is 0 Å². The number of aryl methyl sites for hydroxylation is 2. The zero-order valence-electron chi connectivity index (χ0n) is 11.3. The first-order chi connectivity index (χ1) is 9.49. The summed E-state index contributed by atoms with van der Waals surface area (Å²) in [5.74, 6) is -0.0847. The third-order valence-corrected chi connectivity index (χ3v) is 3.12. The number of carbonyl (C=O) groups excluding carboxylic acids is 1. The molecule has 0 aliphatic rings. The number of rotatable bonds is 3. The van der Waals surface area contributed by atoms with Crippen LogP contribution in [0.5, 0.6) is 5.75 Å². The number of aromatic hydroxyl groups is 1. The van der Waals surface area contributed by atoms with Gasteiger partial charge in [-0.25, -0.2) is 4.98 Å². The van der Waals surface area contributed by atoms with E-state index in [2.05, 4.69) is 10.3 Å². The van der Waals surface area contributed by atoms with Crippen LogP contribution in [0.2, 0.25) is 5.15 Å². The summed E-state index contributed by atoms with van der Waals surface area (Å²) < 4.78 is 0. The molecule has 1 aromatic carbocycles. The molecular weight excluding hydrogens is 276 g/mol. The predicted octanol–water partition coefficient (Wildman–Crippen LogP) is 3.56. The van der Waals surface area contributed by atoms with E-state index >= 15 is 0 Å².